The zero-order valence-corrected chi connectivity index (χ0v) is 12.8. The first-order chi connectivity index (χ1) is 8.40. The minimum Gasteiger partial charge on any atom is -0.288 e. The fourth-order valence-electron chi connectivity index (χ4n) is 1.51. The molecule has 0 fully saturated rings. The van der Waals surface area contributed by atoms with Crippen molar-refractivity contribution in [1.82, 2.24) is 0 Å². The Morgan fingerprint density at radius 2 is 2.00 bits per heavy atom. The Bertz CT molecular complexity index is 617. The minimum atomic E-state index is -0.569. The molecule has 5 heteroatoms. The van der Waals surface area contributed by atoms with Crippen molar-refractivity contribution in [3.8, 4) is 0 Å². The van der Waals surface area contributed by atoms with Gasteiger partial charge in [-0.05, 0) is 53.5 Å². The third-order valence-electron chi connectivity index (χ3n) is 2.64. The lowest BCUT2D eigenvalue weighted by molar-refractivity contribution is 0.103. The molecule has 0 saturated carbocycles. The molecule has 1 heterocycles. The molecule has 2 aromatic rings. The number of benzene rings is 1. The van der Waals surface area contributed by atoms with Gasteiger partial charge in [-0.1, -0.05) is 11.6 Å². The maximum Gasteiger partial charge on any atom is 0.205 e. The van der Waals surface area contributed by atoms with E-state index in [1.54, 1.807) is 6.07 Å². The number of carbonyl (C=O) groups is 1. The SMILES string of the molecule is Cc1cc(C(=O)c2cc(Cl)c(Br)cc2F)sc1C. The quantitative estimate of drug-likeness (QED) is 0.542. The van der Waals surface area contributed by atoms with Gasteiger partial charge in [0.1, 0.15) is 5.82 Å². The largest absolute Gasteiger partial charge is 0.288 e. The van der Waals surface area contributed by atoms with E-state index >= 15 is 0 Å². The molecule has 0 aliphatic heterocycles. The maximum absolute atomic E-state index is 13.8. The summed E-state index contributed by atoms with van der Waals surface area (Å²) in [5.41, 5.74) is 1.04. The Labute approximate surface area is 122 Å². The molecular formula is C13H9BrClFOS. The summed E-state index contributed by atoms with van der Waals surface area (Å²) < 4.78 is 14.2. The Hall–Kier alpha value is -0.710. The van der Waals surface area contributed by atoms with E-state index in [0.717, 1.165) is 10.4 Å². The van der Waals surface area contributed by atoms with E-state index in [4.69, 9.17) is 11.6 Å². The first kappa shape index (κ1) is 13.7. The van der Waals surface area contributed by atoms with E-state index in [-0.39, 0.29) is 11.3 Å². The standard InChI is InChI=1S/C13H9BrClFOS/c1-6-3-12(18-7(6)2)13(17)8-4-10(15)9(14)5-11(8)16/h3-5H,1-2H3. The molecule has 1 aromatic heterocycles. The van der Waals surface area contributed by atoms with E-state index in [9.17, 15) is 9.18 Å². The molecular weight excluding hydrogens is 339 g/mol. The summed E-state index contributed by atoms with van der Waals surface area (Å²) >= 11 is 10.4. The predicted molar refractivity (Wildman–Crippen MR) is 76.3 cm³/mol. The van der Waals surface area contributed by atoms with Crippen LogP contribution in [-0.2, 0) is 0 Å². The minimum absolute atomic E-state index is 0.00412. The van der Waals surface area contributed by atoms with Crippen LogP contribution in [0.5, 0.6) is 0 Å². The summed E-state index contributed by atoms with van der Waals surface area (Å²) in [6.07, 6.45) is 0. The number of aryl methyl sites for hydroxylation is 2. The second-order valence-electron chi connectivity index (χ2n) is 3.93. The number of carbonyl (C=O) groups excluding carboxylic acids is 1. The summed E-state index contributed by atoms with van der Waals surface area (Å²) in [5.74, 6) is -0.900. The normalized spacial score (nSPS) is 10.7. The molecule has 0 spiro atoms. The summed E-state index contributed by atoms with van der Waals surface area (Å²) in [6, 6.07) is 4.34. The van der Waals surface area contributed by atoms with Gasteiger partial charge in [0.15, 0.2) is 0 Å². The lowest BCUT2D eigenvalue weighted by Crippen LogP contribution is -2.02. The van der Waals surface area contributed by atoms with E-state index in [0.29, 0.717) is 14.4 Å². The molecule has 0 atom stereocenters. The van der Waals surface area contributed by atoms with Crippen molar-refractivity contribution in [2.24, 2.45) is 0 Å². The second kappa shape index (κ2) is 5.11. The predicted octanol–water partition coefficient (Wildman–Crippen LogP) is 5.15. The molecule has 0 aliphatic carbocycles. The first-order valence-electron chi connectivity index (χ1n) is 5.16. The highest BCUT2D eigenvalue weighted by atomic mass is 79.9. The highest BCUT2D eigenvalue weighted by molar-refractivity contribution is 9.10. The average molecular weight is 348 g/mol. The molecule has 2 rings (SSSR count). The van der Waals surface area contributed by atoms with Crippen molar-refractivity contribution >= 4 is 44.7 Å². The van der Waals surface area contributed by atoms with Crippen molar-refractivity contribution in [3.63, 3.8) is 0 Å². The molecule has 0 radical (unpaired) electrons. The van der Waals surface area contributed by atoms with E-state index in [1.807, 2.05) is 13.8 Å². The van der Waals surface area contributed by atoms with E-state index < -0.39 is 5.82 Å². The van der Waals surface area contributed by atoms with Gasteiger partial charge < -0.3 is 0 Å². The summed E-state index contributed by atoms with van der Waals surface area (Å²) in [4.78, 5) is 13.8. The third-order valence-corrected chi connectivity index (χ3v) is 4.99. The molecule has 94 valence electrons. The monoisotopic (exact) mass is 346 g/mol. The van der Waals surface area contributed by atoms with Crippen LogP contribution in [-0.4, -0.2) is 5.78 Å². The van der Waals surface area contributed by atoms with Gasteiger partial charge in [-0.2, -0.15) is 0 Å². The Morgan fingerprint density at radius 3 is 2.56 bits per heavy atom. The maximum atomic E-state index is 13.8. The number of ketones is 1. The number of hydrogen-bond acceptors (Lipinski definition) is 2. The van der Waals surface area contributed by atoms with Crippen LogP contribution in [0, 0.1) is 19.7 Å². The van der Waals surface area contributed by atoms with Crippen LogP contribution in [0.25, 0.3) is 0 Å². The van der Waals surface area contributed by atoms with Crippen LogP contribution < -0.4 is 0 Å². The molecule has 1 nitrogen and oxygen atoms in total. The lowest BCUT2D eigenvalue weighted by Gasteiger charge is -2.03. The molecule has 0 unspecified atom stereocenters. The molecule has 0 bridgehead atoms. The lowest BCUT2D eigenvalue weighted by atomic mass is 10.1. The van der Waals surface area contributed by atoms with E-state index in [2.05, 4.69) is 15.9 Å². The number of hydrogen-bond donors (Lipinski definition) is 0. The fraction of sp³-hybridized carbons (Fsp3) is 0.154. The van der Waals surface area contributed by atoms with Crippen LogP contribution in [0.15, 0.2) is 22.7 Å². The Kier molecular flexibility index (Phi) is 3.90. The molecule has 1 aromatic carbocycles. The first-order valence-corrected chi connectivity index (χ1v) is 7.15. The molecule has 18 heavy (non-hydrogen) atoms. The fourth-order valence-corrected chi connectivity index (χ4v) is 2.98. The van der Waals surface area contributed by atoms with Crippen molar-refractivity contribution in [3.05, 3.63) is 54.4 Å². The van der Waals surface area contributed by atoms with Gasteiger partial charge in [0, 0.05) is 9.35 Å². The van der Waals surface area contributed by atoms with Gasteiger partial charge in [0.2, 0.25) is 5.78 Å². The summed E-state index contributed by atoms with van der Waals surface area (Å²) in [7, 11) is 0. The smallest absolute Gasteiger partial charge is 0.205 e. The van der Waals surface area contributed by atoms with Crippen LogP contribution in [0.1, 0.15) is 25.7 Å². The Morgan fingerprint density at radius 1 is 1.33 bits per heavy atom. The van der Waals surface area contributed by atoms with Gasteiger partial charge >= 0.3 is 0 Å². The summed E-state index contributed by atoms with van der Waals surface area (Å²) in [5, 5.41) is 0.324. The number of rotatable bonds is 2. The topological polar surface area (TPSA) is 17.1 Å². The van der Waals surface area contributed by atoms with Crippen molar-refractivity contribution in [2.75, 3.05) is 0 Å². The molecule has 0 amide bonds. The van der Waals surface area contributed by atoms with E-state index in [1.165, 1.54) is 23.5 Å². The van der Waals surface area contributed by atoms with Gasteiger partial charge in [0.05, 0.1) is 15.5 Å². The zero-order valence-electron chi connectivity index (χ0n) is 9.68. The molecule has 0 saturated heterocycles. The van der Waals surface area contributed by atoms with Gasteiger partial charge in [0.25, 0.3) is 0 Å². The van der Waals surface area contributed by atoms with Crippen LogP contribution in [0.2, 0.25) is 5.02 Å². The van der Waals surface area contributed by atoms with Crippen molar-refractivity contribution in [1.29, 1.82) is 0 Å². The van der Waals surface area contributed by atoms with Crippen molar-refractivity contribution in [2.45, 2.75) is 13.8 Å². The Balaban J connectivity index is 2.49. The number of thiophene rings is 1. The van der Waals surface area contributed by atoms with Crippen molar-refractivity contribution < 1.29 is 9.18 Å². The number of halogens is 3. The van der Waals surface area contributed by atoms with Crippen LogP contribution in [0.3, 0.4) is 0 Å². The summed E-state index contributed by atoms with van der Waals surface area (Å²) in [6.45, 7) is 3.86. The van der Waals surface area contributed by atoms with Crippen LogP contribution in [0.4, 0.5) is 4.39 Å². The molecule has 0 N–H and O–H groups in total. The zero-order chi connectivity index (χ0) is 13.4. The average Bonchev–Trinajstić information content (AvgIpc) is 2.63. The molecule has 0 aliphatic rings. The highest BCUT2D eigenvalue weighted by Crippen LogP contribution is 2.29. The second-order valence-corrected chi connectivity index (χ2v) is 6.44. The highest BCUT2D eigenvalue weighted by Gasteiger charge is 2.18. The van der Waals surface area contributed by atoms with Gasteiger partial charge in [-0.15, -0.1) is 11.3 Å². The van der Waals surface area contributed by atoms with Gasteiger partial charge in [-0.3, -0.25) is 4.79 Å². The van der Waals surface area contributed by atoms with Crippen LogP contribution >= 0.6 is 38.9 Å². The van der Waals surface area contributed by atoms with Gasteiger partial charge in [-0.25, -0.2) is 4.39 Å². The third kappa shape index (κ3) is 2.51.